The molecule has 2 aromatic carbocycles. The summed E-state index contributed by atoms with van der Waals surface area (Å²) in [5.41, 5.74) is 2.22. The molecule has 0 bridgehead atoms. The van der Waals surface area contributed by atoms with Gasteiger partial charge >= 0.3 is 0 Å². The molecule has 1 nitrogen and oxygen atoms in total. The Kier molecular flexibility index (Phi) is 2.46. The minimum Gasteiger partial charge on any atom is -0.356 e. The van der Waals surface area contributed by atoms with E-state index in [0.29, 0.717) is 0 Å². The molecule has 0 radical (unpaired) electrons. The van der Waals surface area contributed by atoms with E-state index in [9.17, 15) is 0 Å². The summed E-state index contributed by atoms with van der Waals surface area (Å²) in [7, 11) is 0. The molecule has 17 heavy (non-hydrogen) atoms. The van der Waals surface area contributed by atoms with Gasteiger partial charge in [0, 0.05) is 5.02 Å². The molecule has 1 fully saturated rings. The predicted octanol–water partition coefficient (Wildman–Crippen LogP) is 4.33. The third-order valence-corrected chi connectivity index (χ3v) is 3.58. The summed E-state index contributed by atoms with van der Waals surface area (Å²) in [5.74, 6) is 0. The van der Waals surface area contributed by atoms with Gasteiger partial charge < -0.3 is 4.74 Å². The SMILES string of the molecule is CC1(c2ccccc2)OC1c1ccc(Cl)cc1. The van der Waals surface area contributed by atoms with Crippen LogP contribution in [-0.2, 0) is 10.3 Å². The summed E-state index contributed by atoms with van der Waals surface area (Å²) >= 11 is 5.88. The minimum atomic E-state index is -0.185. The van der Waals surface area contributed by atoms with E-state index in [1.54, 1.807) is 0 Å². The number of ether oxygens (including phenoxy) is 1. The Morgan fingerprint density at radius 3 is 2.29 bits per heavy atom. The highest BCUT2D eigenvalue weighted by Gasteiger charge is 2.54. The molecule has 2 atom stereocenters. The lowest BCUT2D eigenvalue weighted by Crippen LogP contribution is -2.03. The second-order valence-corrected chi connectivity index (χ2v) is 4.96. The molecule has 1 aliphatic rings. The number of hydrogen-bond donors (Lipinski definition) is 0. The Morgan fingerprint density at radius 1 is 1.00 bits per heavy atom. The molecular weight excluding hydrogens is 232 g/mol. The zero-order chi connectivity index (χ0) is 11.9. The van der Waals surface area contributed by atoms with E-state index in [2.05, 4.69) is 19.1 Å². The molecule has 1 aliphatic heterocycles. The molecular formula is C15H13ClO. The predicted molar refractivity (Wildman–Crippen MR) is 69.1 cm³/mol. The van der Waals surface area contributed by atoms with Crippen molar-refractivity contribution in [2.45, 2.75) is 18.6 Å². The fraction of sp³-hybridized carbons (Fsp3) is 0.200. The molecule has 0 N–H and O–H groups in total. The average molecular weight is 245 g/mol. The van der Waals surface area contributed by atoms with E-state index in [1.165, 1.54) is 11.1 Å². The van der Waals surface area contributed by atoms with Crippen LogP contribution < -0.4 is 0 Å². The molecule has 0 spiro atoms. The van der Waals surface area contributed by atoms with Crippen LogP contribution in [0, 0.1) is 0 Å². The first kappa shape index (κ1) is 10.8. The van der Waals surface area contributed by atoms with Gasteiger partial charge in [0.1, 0.15) is 11.7 Å². The standard InChI is InChI=1S/C15H13ClO/c1-15(12-5-3-2-4-6-12)14(17-15)11-7-9-13(16)10-8-11/h2-10,14H,1H3. The van der Waals surface area contributed by atoms with Gasteiger partial charge in [-0.25, -0.2) is 0 Å². The molecule has 0 amide bonds. The van der Waals surface area contributed by atoms with Crippen molar-refractivity contribution in [3.63, 3.8) is 0 Å². The Hall–Kier alpha value is -1.31. The molecule has 2 aromatic rings. The number of epoxide rings is 1. The van der Waals surface area contributed by atoms with Crippen molar-refractivity contribution in [2.75, 3.05) is 0 Å². The van der Waals surface area contributed by atoms with Crippen molar-refractivity contribution in [3.8, 4) is 0 Å². The molecule has 0 aromatic heterocycles. The van der Waals surface area contributed by atoms with E-state index in [1.807, 2.05) is 42.5 Å². The van der Waals surface area contributed by atoms with Gasteiger partial charge in [-0.2, -0.15) is 0 Å². The van der Waals surface area contributed by atoms with Crippen molar-refractivity contribution in [1.29, 1.82) is 0 Å². The van der Waals surface area contributed by atoms with Gasteiger partial charge in [0.15, 0.2) is 0 Å². The summed E-state index contributed by atoms with van der Waals surface area (Å²) in [6.07, 6.45) is 0.141. The zero-order valence-corrected chi connectivity index (χ0v) is 10.3. The maximum Gasteiger partial charge on any atom is 0.122 e. The first-order valence-corrected chi connectivity index (χ1v) is 6.07. The molecule has 1 saturated heterocycles. The van der Waals surface area contributed by atoms with Crippen molar-refractivity contribution in [3.05, 3.63) is 70.7 Å². The first-order chi connectivity index (χ1) is 8.20. The van der Waals surface area contributed by atoms with Crippen LogP contribution in [0.2, 0.25) is 5.02 Å². The van der Waals surface area contributed by atoms with E-state index in [-0.39, 0.29) is 11.7 Å². The van der Waals surface area contributed by atoms with Gasteiger partial charge in [-0.05, 0) is 30.2 Å². The number of hydrogen-bond acceptors (Lipinski definition) is 1. The number of benzene rings is 2. The van der Waals surface area contributed by atoms with Crippen LogP contribution in [0.3, 0.4) is 0 Å². The first-order valence-electron chi connectivity index (χ1n) is 5.69. The summed E-state index contributed by atoms with van der Waals surface area (Å²) in [5, 5.41) is 0.760. The molecule has 2 heteroatoms. The van der Waals surface area contributed by atoms with E-state index < -0.39 is 0 Å². The highest BCUT2D eigenvalue weighted by Crippen LogP contribution is 2.56. The van der Waals surface area contributed by atoms with Gasteiger partial charge in [0.25, 0.3) is 0 Å². The minimum absolute atomic E-state index is 0.141. The Bertz CT molecular complexity index is 520. The highest BCUT2D eigenvalue weighted by molar-refractivity contribution is 6.30. The molecule has 86 valence electrons. The third-order valence-electron chi connectivity index (χ3n) is 3.33. The van der Waals surface area contributed by atoms with Gasteiger partial charge in [0.05, 0.1) is 0 Å². The van der Waals surface area contributed by atoms with E-state index >= 15 is 0 Å². The summed E-state index contributed by atoms with van der Waals surface area (Å²) in [4.78, 5) is 0. The second kappa shape index (κ2) is 3.86. The quantitative estimate of drug-likeness (QED) is 0.717. The third kappa shape index (κ3) is 1.86. The van der Waals surface area contributed by atoms with E-state index in [0.717, 1.165) is 5.02 Å². The smallest absolute Gasteiger partial charge is 0.122 e. The summed E-state index contributed by atoms with van der Waals surface area (Å²) in [6, 6.07) is 18.2. The average Bonchev–Trinajstić information content (AvgIpc) is 3.05. The lowest BCUT2D eigenvalue weighted by Gasteiger charge is -2.06. The van der Waals surface area contributed by atoms with Crippen LogP contribution in [0.4, 0.5) is 0 Å². The fourth-order valence-electron chi connectivity index (χ4n) is 2.22. The lowest BCUT2D eigenvalue weighted by atomic mass is 9.94. The van der Waals surface area contributed by atoms with Gasteiger partial charge in [0.2, 0.25) is 0 Å². The van der Waals surface area contributed by atoms with Gasteiger partial charge in [-0.3, -0.25) is 0 Å². The van der Waals surface area contributed by atoms with Gasteiger partial charge in [-0.1, -0.05) is 54.1 Å². The van der Waals surface area contributed by atoms with Crippen LogP contribution in [-0.4, -0.2) is 0 Å². The Labute approximate surface area is 106 Å². The Balaban J connectivity index is 1.88. The lowest BCUT2D eigenvalue weighted by molar-refractivity contribution is 0.313. The second-order valence-electron chi connectivity index (χ2n) is 4.52. The van der Waals surface area contributed by atoms with E-state index in [4.69, 9.17) is 16.3 Å². The van der Waals surface area contributed by atoms with Crippen LogP contribution in [0.1, 0.15) is 24.2 Å². The topological polar surface area (TPSA) is 12.5 Å². The number of halogens is 1. The van der Waals surface area contributed by atoms with Gasteiger partial charge in [-0.15, -0.1) is 0 Å². The maximum atomic E-state index is 5.88. The normalized spacial score (nSPS) is 26.8. The van der Waals surface area contributed by atoms with Crippen molar-refractivity contribution in [1.82, 2.24) is 0 Å². The molecule has 0 aliphatic carbocycles. The van der Waals surface area contributed by atoms with Crippen LogP contribution in [0.5, 0.6) is 0 Å². The molecule has 0 saturated carbocycles. The monoisotopic (exact) mass is 244 g/mol. The largest absolute Gasteiger partial charge is 0.356 e. The van der Waals surface area contributed by atoms with Crippen molar-refractivity contribution >= 4 is 11.6 Å². The van der Waals surface area contributed by atoms with Crippen LogP contribution in [0.25, 0.3) is 0 Å². The van der Waals surface area contributed by atoms with Crippen LogP contribution in [0.15, 0.2) is 54.6 Å². The molecule has 3 rings (SSSR count). The fourth-order valence-corrected chi connectivity index (χ4v) is 2.35. The Morgan fingerprint density at radius 2 is 1.65 bits per heavy atom. The maximum absolute atomic E-state index is 5.88. The molecule has 1 heterocycles. The zero-order valence-electron chi connectivity index (χ0n) is 9.56. The van der Waals surface area contributed by atoms with Crippen LogP contribution >= 0.6 is 11.6 Å². The van der Waals surface area contributed by atoms with Crippen molar-refractivity contribution < 1.29 is 4.74 Å². The summed E-state index contributed by atoms with van der Waals surface area (Å²) < 4.78 is 5.87. The molecule has 2 unspecified atom stereocenters. The number of rotatable bonds is 2. The highest BCUT2D eigenvalue weighted by atomic mass is 35.5. The summed E-state index contributed by atoms with van der Waals surface area (Å²) in [6.45, 7) is 2.13. The van der Waals surface area contributed by atoms with Crippen molar-refractivity contribution in [2.24, 2.45) is 0 Å².